The summed E-state index contributed by atoms with van der Waals surface area (Å²) < 4.78 is 5.71. The van der Waals surface area contributed by atoms with E-state index in [9.17, 15) is 5.11 Å². The highest BCUT2D eigenvalue weighted by molar-refractivity contribution is 9.10. The molecular weight excluding hydrogens is 222 g/mol. The molecule has 4 heteroatoms. The van der Waals surface area contributed by atoms with Gasteiger partial charge in [-0.05, 0) is 22.9 Å². The molecule has 66 valence electrons. The van der Waals surface area contributed by atoms with Crippen molar-refractivity contribution in [1.29, 1.82) is 0 Å². The lowest BCUT2D eigenvalue weighted by Crippen LogP contribution is -1.95. The third-order valence-electron chi connectivity index (χ3n) is 1.52. The van der Waals surface area contributed by atoms with Crippen LogP contribution in [-0.2, 0) is 0 Å². The maximum atomic E-state index is 9.31. The highest BCUT2D eigenvalue weighted by atomic mass is 79.9. The van der Waals surface area contributed by atoms with Crippen LogP contribution in [0.5, 0.6) is 5.88 Å². The summed E-state index contributed by atoms with van der Waals surface area (Å²) in [5.41, 5.74) is 0.779. The second kappa shape index (κ2) is 3.87. The maximum Gasteiger partial charge on any atom is 0.213 e. The number of aliphatic hydroxyl groups is 1. The van der Waals surface area contributed by atoms with Gasteiger partial charge in [0.1, 0.15) is 0 Å². The van der Waals surface area contributed by atoms with Gasteiger partial charge in [-0.15, -0.1) is 0 Å². The van der Waals surface area contributed by atoms with Crippen molar-refractivity contribution in [2.45, 2.75) is 13.0 Å². The standard InChI is InChI=1S/C8H10BrNO2/c1-5(11)6-3-8(12-2)10-4-7(6)9/h3-5,11H,1-2H3/t5-/m0/s1. The van der Waals surface area contributed by atoms with E-state index >= 15 is 0 Å². The SMILES string of the molecule is COc1cc([C@H](C)O)c(Br)cn1. The van der Waals surface area contributed by atoms with Crippen molar-refractivity contribution in [1.82, 2.24) is 4.98 Å². The van der Waals surface area contributed by atoms with Crippen LogP contribution in [0.4, 0.5) is 0 Å². The molecule has 0 saturated heterocycles. The molecule has 3 nitrogen and oxygen atoms in total. The first-order valence-electron chi connectivity index (χ1n) is 3.52. The monoisotopic (exact) mass is 231 g/mol. The normalized spacial score (nSPS) is 12.7. The van der Waals surface area contributed by atoms with Gasteiger partial charge in [0.15, 0.2) is 0 Å². The Kier molecular flexibility index (Phi) is 3.05. The molecule has 1 aromatic rings. The fourth-order valence-electron chi connectivity index (χ4n) is 0.866. The Balaban J connectivity index is 3.08. The van der Waals surface area contributed by atoms with E-state index in [0.717, 1.165) is 10.0 Å². The van der Waals surface area contributed by atoms with Crippen LogP contribution in [-0.4, -0.2) is 17.2 Å². The van der Waals surface area contributed by atoms with Crippen molar-refractivity contribution in [3.63, 3.8) is 0 Å². The molecule has 1 aromatic heterocycles. The molecule has 0 fully saturated rings. The number of nitrogens with zero attached hydrogens (tertiary/aromatic N) is 1. The zero-order chi connectivity index (χ0) is 9.14. The quantitative estimate of drug-likeness (QED) is 0.846. The van der Waals surface area contributed by atoms with Crippen molar-refractivity contribution < 1.29 is 9.84 Å². The minimum absolute atomic E-state index is 0.508. The Morgan fingerprint density at radius 1 is 1.67 bits per heavy atom. The van der Waals surface area contributed by atoms with Crippen LogP contribution in [0.15, 0.2) is 16.7 Å². The van der Waals surface area contributed by atoms with Crippen molar-refractivity contribution in [2.75, 3.05) is 7.11 Å². The van der Waals surface area contributed by atoms with Crippen LogP contribution in [0.25, 0.3) is 0 Å². The van der Waals surface area contributed by atoms with Crippen molar-refractivity contribution in [2.24, 2.45) is 0 Å². The van der Waals surface area contributed by atoms with Gasteiger partial charge in [0.2, 0.25) is 5.88 Å². The molecule has 0 aromatic carbocycles. The average Bonchev–Trinajstić information content (AvgIpc) is 2.05. The van der Waals surface area contributed by atoms with Gasteiger partial charge in [0.25, 0.3) is 0 Å². The minimum atomic E-state index is -0.517. The zero-order valence-electron chi connectivity index (χ0n) is 6.91. The molecule has 0 radical (unpaired) electrons. The fourth-order valence-corrected chi connectivity index (χ4v) is 1.41. The molecule has 0 spiro atoms. The molecule has 1 atom stereocenters. The first kappa shape index (κ1) is 9.48. The third-order valence-corrected chi connectivity index (χ3v) is 2.18. The second-order valence-corrected chi connectivity index (χ2v) is 3.28. The summed E-state index contributed by atoms with van der Waals surface area (Å²) in [6.45, 7) is 1.69. The highest BCUT2D eigenvalue weighted by Crippen LogP contribution is 2.25. The molecule has 0 bridgehead atoms. The number of rotatable bonds is 2. The van der Waals surface area contributed by atoms with Crippen molar-refractivity contribution >= 4 is 15.9 Å². The van der Waals surface area contributed by atoms with Crippen LogP contribution in [0.1, 0.15) is 18.6 Å². The van der Waals surface area contributed by atoms with E-state index in [4.69, 9.17) is 4.74 Å². The Morgan fingerprint density at radius 3 is 2.83 bits per heavy atom. The van der Waals surface area contributed by atoms with Crippen LogP contribution < -0.4 is 4.74 Å². The number of methoxy groups -OCH3 is 1. The average molecular weight is 232 g/mol. The van der Waals surface area contributed by atoms with E-state index in [0.29, 0.717) is 5.88 Å². The molecule has 0 aliphatic rings. The largest absolute Gasteiger partial charge is 0.481 e. The van der Waals surface area contributed by atoms with Crippen LogP contribution >= 0.6 is 15.9 Å². The highest BCUT2D eigenvalue weighted by Gasteiger charge is 2.07. The van der Waals surface area contributed by atoms with Crippen molar-refractivity contribution in [3.05, 3.63) is 22.3 Å². The van der Waals surface area contributed by atoms with Crippen LogP contribution in [0.2, 0.25) is 0 Å². The first-order valence-corrected chi connectivity index (χ1v) is 4.32. The van der Waals surface area contributed by atoms with Gasteiger partial charge >= 0.3 is 0 Å². The predicted molar refractivity (Wildman–Crippen MR) is 49.1 cm³/mol. The summed E-state index contributed by atoms with van der Waals surface area (Å²) in [5.74, 6) is 0.508. The summed E-state index contributed by atoms with van der Waals surface area (Å²) in [7, 11) is 1.54. The minimum Gasteiger partial charge on any atom is -0.481 e. The maximum absolute atomic E-state index is 9.31. The molecule has 1 heterocycles. The zero-order valence-corrected chi connectivity index (χ0v) is 8.50. The second-order valence-electron chi connectivity index (χ2n) is 2.42. The smallest absolute Gasteiger partial charge is 0.213 e. The Bertz CT molecular complexity index is 276. The lowest BCUT2D eigenvalue weighted by Gasteiger charge is -2.08. The van der Waals surface area contributed by atoms with Crippen LogP contribution in [0.3, 0.4) is 0 Å². The summed E-state index contributed by atoms with van der Waals surface area (Å²) >= 11 is 3.28. The molecule has 0 aliphatic heterocycles. The molecule has 1 N–H and O–H groups in total. The lowest BCUT2D eigenvalue weighted by molar-refractivity contribution is 0.197. The fraction of sp³-hybridized carbons (Fsp3) is 0.375. The van der Waals surface area contributed by atoms with E-state index < -0.39 is 6.10 Å². The lowest BCUT2D eigenvalue weighted by atomic mass is 10.2. The van der Waals surface area contributed by atoms with E-state index in [-0.39, 0.29) is 0 Å². The summed E-state index contributed by atoms with van der Waals surface area (Å²) in [5, 5.41) is 9.31. The van der Waals surface area contributed by atoms with Gasteiger partial charge in [0.05, 0.1) is 13.2 Å². The van der Waals surface area contributed by atoms with E-state index in [1.54, 1.807) is 26.3 Å². The van der Waals surface area contributed by atoms with Gasteiger partial charge < -0.3 is 9.84 Å². The number of halogens is 1. The van der Waals surface area contributed by atoms with Gasteiger partial charge in [-0.25, -0.2) is 4.98 Å². The summed E-state index contributed by atoms with van der Waals surface area (Å²) in [6.07, 6.45) is 1.09. The van der Waals surface area contributed by atoms with E-state index in [1.165, 1.54) is 0 Å². The van der Waals surface area contributed by atoms with Gasteiger partial charge in [-0.2, -0.15) is 0 Å². The number of hydrogen-bond donors (Lipinski definition) is 1. The predicted octanol–water partition coefficient (Wildman–Crippen LogP) is 1.91. The molecule has 12 heavy (non-hydrogen) atoms. The third kappa shape index (κ3) is 1.95. The van der Waals surface area contributed by atoms with Gasteiger partial charge in [-0.3, -0.25) is 0 Å². The van der Waals surface area contributed by atoms with Gasteiger partial charge in [-0.1, -0.05) is 0 Å². The summed E-state index contributed by atoms with van der Waals surface area (Å²) in [4.78, 5) is 3.96. The Morgan fingerprint density at radius 2 is 2.33 bits per heavy atom. The summed E-state index contributed by atoms with van der Waals surface area (Å²) in [6, 6.07) is 1.70. The van der Waals surface area contributed by atoms with Gasteiger partial charge in [0, 0.05) is 22.3 Å². The first-order chi connectivity index (χ1) is 5.65. The number of pyridine rings is 1. The Hall–Kier alpha value is -0.610. The number of hydrogen-bond acceptors (Lipinski definition) is 3. The van der Waals surface area contributed by atoms with E-state index in [2.05, 4.69) is 20.9 Å². The molecule has 0 saturated carbocycles. The number of aliphatic hydroxyl groups excluding tert-OH is 1. The molecule has 0 unspecified atom stereocenters. The molecular formula is C8H10BrNO2. The van der Waals surface area contributed by atoms with Crippen LogP contribution in [0, 0.1) is 0 Å². The molecule has 0 amide bonds. The molecule has 1 rings (SSSR count). The van der Waals surface area contributed by atoms with E-state index in [1.807, 2.05) is 0 Å². The number of ether oxygens (including phenoxy) is 1. The topological polar surface area (TPSA) is 42.4 Å². The van der Waals surface area contributed by atoms with Crippen molar-refractivity contribution in [3.8, 4) is 5.88 Å². The number of aromatic nitrogens is 1. The Labute approximate surface area is 79.5 Å². The molecule has 0 aliphatic carbocycles.